The third-order valence-electron chi connectivity index (χ3n) is 1.71. The van der Waals surface area contributed by atoms with Crippen molar-refractivity contribution in [3.05, 3.63) is 24.3 Å². The van der Waals surface area contributed by atoms with Crippen molar-refractivity contribution in [1.29, 1.82) is 0 Å². The molecule has 0 aromatic heterocycles. The fraction of sp³-hybridized carbons (Fsp3) is 0.222. The van der Waals surface area contributed by atoms with Crippen LogP contribution in [0.4, 0.5) is 5.69 Å². The van der Waals surface area contributed by atoms with E-state index in [9.17, 15) is 4.79 Å². The first-order valence-electron chi connectivity index (χ1n) is 4.11. The summed E-state index contributed by atoms with van der Waals surface area (Å²) in [5.74, 6) is -0.880. The first-order valence-corrected chi connectivity index (χ1v) is 4.11. The molecular formula is C9H12N2O3. The number of hydrogen-bond donors (Lipinski definition) is 4. The van der Waals surface area contributed by atoms with E-state index in [1.165, 1.54) is 12.1 Å². The van der Waals surface area contributed by atoms with E-state index in [1.54, 1.807) is 12.1 Å². The van der Waals surface area contributed by atoms with Gasteiger partial charge in [-0.3, -0.25) is 4.79 Å². The van der Waals surface area contributed by atoms with E-state index in [0.29, 0.717) is 0 Å². The average Bonchev–Trinajstić information content (AvgIpc) is 2.16. The molecule has 0 heterocycles. The summed E-state index contributed by atoms with van der Waals surface area (Å²) in [6.07, 6.45) is 0. The summed E-state index contributed by atoms with van der Waals surface area (Å²) in [5, 5.41) is 20.3. The maximum absolute atomic E-state index is 10.4. The molecule has 1 aromatic rings. The van der Waals surface area contributed by atoms with Crippen LogP contribution in [0.3, 0.4) is 0 Å². The van der Waals surface area contributed by atoms with Gasteiger partial charge in [-0.25, -0.2) is 0 Å². The summed E-state index contributed by atoms with van der Waals surface area (Å²) in [4.78, 5) is 10.4. The van der Waals surface area contributed by atoms with Crippen LogP contribution < -0.4 is 11.1 Å². The van der Waals surface area contributed by atoms with E-state index in [4.69, 9.17) is 15.9 Å². The number of carbonyl (C=O) groups is 1. The van der Waals surface area contributed by atoms with Gasteiger partial charge in [0.25, 0.3) is 0 Å². The lowest BCUT2D eigenvalue weighted by Crippen LogP contribution is -2.36. The quantitative estimate of drug-likeness (QED) is 0.516. The van der Waals surface area contributed by atoms with Gasteiger partial charge in [-0.2, -0.15) is 0 Å². The molecule has 0 spiro atoms. The summed E-state index contributed by atoms with van der Waals surface area (Å²) in [7, 11) is 0. The van der Waals surface area contributed by atoms with Gasteiger partial charge in [0.2, 0.25) is 0 Å². The number of phenols is 1. The van der Waals surface area contributed by atoms with Crippen LogP contribution in [0, 0.1) is 0 Å². The zero-order valence-corrected chi connectivity index (χ0v) is 7.47. The maximum Gasteiger partial charge on any atom is 0.322 e. The van der Waals surface area contributed by atoms with Crippen LogP contribution in [-0.2, 0) is 4.79 Å². The fourth-order valence-corrected chi connectivity index (χ4v) is 0.894. The number of aliphatic carboxylic acids is 1. The third kappa shape index (κ3) is 2.95. The number of phenolic OH excluding ortho intramolecular Hbond substituents is 1. The van der Waals surface area contributed by atoms with Crippen molar-refractivity contribution in [3.63, 3.8) is 0 Å². The Labute approximate surface area is 81.2 Å². The van der Waals surface area contributed by atoms with Crippen molar-refractivity contribution in [2.24, 2.45) is 5.73 Å². The van der Waals surface area contributed by atoms with Crippen LogP contribution in [0.5, 0.6) is 5.75 Å². The molecule has 76 valence electrons. The highest BCUT2D eigenvalue weighted by Gasteiger charge is 2.09. The van der Waals surface area contributed by atoms with Crippen molar-refractivity contribution in [3.8, 4) is 5.75 Å². The largest absolute Gasteiger partial charge is 0.508 e. The van der Waals surface area contributed by atoms with Crippen LogP contribution in [0.2, 0.25) is 0 Å². The first kappa shape index (κ1) is 10.3. The fourth-order valence-electron chi connectivity index (χ4n) is 0.894. The third-order valence-corrected chi connectivity index (χ3v) is 1.71. The topological polar surface area (TPSA) is 95.6 Å². The summed E-state index contributed by atoms with van der Waals surface area (Å²) in [5.41, 5.74) is 6.00. The number of rotatable bonds is 4. The standard InChI is InChI=1S/C9H12N2O3/c10-8(9(13)14)5-11-6-1-3-7(12)4-2-6/h1-4,8,11-12H,5,10H2,(H,13,14)/t8-/m0/s1. The molecule has 0 radical (unpaired) electrons. The number of benzene rings is 1. The molecular weight excluding hydrogens is 184 g/mol. The minimum absolute atomic E-state index is 0.153. The number of nitrogens with two attached hydrogens (primary N) is 1. The van der Waals surface area contributed by atoms with Gasteiger partial charge in [0.05, 0.1) is 0 Å². The lowest BCUT2D eigenvalue weighted by atomic mass is 10.2. The molecule has 0 aliphatic rings. The molecule has 14 heavy (non-hydrogen) atoms. The van der Waals surface area contributed by atoms with Gasteiger partial charge in [-0.05, 0) is 24.3 Å². The number of anilines is 1. The molecule has 0 fully saturated rings. The number of carboxylic acid groups (broad SMARTS) is 1. The van der Waals surface area contributed by atoms with E-state index in [1.807, 2.05) is 0 Å². The molecule has 1 atom stereocenters. The molecule has 5 heteroatoms. The van der Waals surface area contributed by atoms with E-state index in [2.05, 4.69) is 5.32 Å². The van der Waals surface area contributed by atoms with Gasteiger partial charge < -0.3 is 21.3 Å². The summed E-state index contributed by atoms with van der Waals surface area (Å²) in [6.45, 7) is 0.153. The smallest absolute Gasteiger partial charge is 0.322 e. The van der Waals surface area contributed by atoms with Crippen LogP contribution in [0.25, 0.3) is 0 Å². The van der Waals surface area contributed by atoms with E-state index >= 15 is 0 Å². The van der Waals surface area contributed by atoms with Gasteiger partial charge in [-0.15, -0.1) is 0 Å². The van der Waals surface area contributed by atoms with E-state index < -0.39 is 12.0 Å². The SMILES string of the molecule is N[C@@H](CNc1ccc(O)cc1)C(=O)O. The van der Waals surface area contributed by atoms with Crippen molar-refractivity contribution in [1.82, 2.24) is 0 Å². The predicted molar refractivity (Wildman–Crippen MR) is 52.2 cm³/mol. The molecule has 5 N–H and O–H groups in total. The minimum Gasteiger partial charge on any atom is -0.508 e. The summed E-state index contributed by atoms with van der Waals surface area (Å²) < 4.78 is 0. The lowest BCUT2D eigenvalue weighted by molar-refractivity contribution is -0.138. The van der Waals surface area contributed by atoms with Crippen LogP contribution in [-0.4, -0.2) is 28.8 Å². The molecule has 1 rings (SSSR count). The van der Waals surface area contributed by atoms with Crippen molar-refractivity contribution in [2.45, 2.75) is 6.04 Å². The van der Waals surface area contributed by atoms with E-state index in [0.717, 1.165) is 5.69 Å². The molecule has 0 amide bonds. The summed E-state index contributed by atoms with van der Waals surface area (Å²) in [6, 6.07) is 5.38. The lowest BCUT2D eigenvalue weighted by Gasteiger charge is -2.09. The van der Waals surface area contributed by atoms with Gasteiger partial charge in [0.1, 0.15) is 11.8 Å². The Morgan fingerprint density at radius 1 is 1.43 bits per heavy atom. The highest BCUT2D eigenvalue weighted by molar-refractivity contribution is 5.74. The van der Waals surface area contributed by atoms with Gasteiger partial charge in [0, 0.05) is 12.2 Å². The molecule has 0 bridgehead atoms. The number of nitrogens with one attached hydrogen (secondary N) is 1. The molecule has 0 aliphatic carbocycles. The minimum atomic E-state index is -1.05. The molecule has 1 aromatic carbocycles. The average molecular weight is 196 g/mol. The Kier molecular flexibility index (Phi) is 3.30. The number of aromatic hydroxyl groups is 1. The molecule has 0 unspecified atom stereocenters. The molecule has 0 saturated carbocycles. The Morgan fingerprint density at radius 2 is 2.00 bits per heavy atom. The van der Waals surface area contributed by atoms with Crippen LogP contribution in [0.15, 0.2) is 24.3 Å². The zero-order chi connectivity index (χ0) is 10.6. The second-order valence-electron chi connectivity index (χ2n) is 2.87. The Hall–Kier alpha value is -1.75. The molecule has 5 nitrogen and oxygen atoms in total. The Bertz CT molecular complexity index is 310. The van der Waals surface area contributed by atoms with Crippen LogP contribution >= 0.6 is 0 Å². The van der Waals surface area contributed by atoms with Crippen molar-refractivity contribution < 1.29 is 15.0 Å². The van der Waals surface area contributed by atoms with Crippen LogP contribution in [0.1, 0.15) is 0 Å². The predicted octanol–water partition coefficient (Wildman–Crippen LogP) is 0.216. The number of hydrogen-bond acceptors (Lipinski definition) is 4. The van der Waals surface area contributed by atoms with Gasteiger partial charge in [0.15, 0.2) is 0 Å². The normalized spacial score (nSPS) is 12.1. The van der Waals surface area contributed by atoms with Gasteiger partial charge >= 0.3 is 5.97 Å². The highest BCUT2D eigenvalue weighted by atomic mass is 16.4. The monoisotopic (exact) mass is 196 g/mol. The van der Waals surface area contributed by atoms with E-state index in [-0.39, 0.29) is 12.3 Å². The zero-order valence-electron chi connectivity index (χ0n) is 7.47. The highest BCUT2D eigenvalue weighted by Crippen LogP contribution is 2.13. The molecule has 0 aliphatic heterocycles. The molecule has 0 saturated heterocycles. The first-order chi connectivity index (χ1) is 6.59. The Morgan fingerprint density at radius 3 is 2.50 bits per heavy atom. The van der Waals surface area contributed by atoms with Crippen molar-refractivity contribution in [2.75, 3.05) is 11.9 Å². The maximum atomic E-state index is 10.4. The van der Waals surface area contributed by atoms with Crippen molar-refractivity contribution >= 4 is 11.7 Å². The second kappa shape index (κ2) is 4.48. The Balaban J connectivity index is 2.46. The number of carboxylic acids is 1. The summed E-state index contributed by atoms with van der Waals surface area (Å²) >= 11 is 0. The second-order valence-corrected chi connectivity index (χ2v) is 2.87. The van der Waals surface area contributed by atoms with Gasteiger partial charge in [-0.1, -0.05) is 0 Å².